The zero-order valence-corrected chi connectivity index (χ0v) is 11.4. The number of nitrogens with zero attached hydrogens (tertiary/aromatic N) is 2. The number of benzene rings is 2. The third-order valence-corrected chi connectivity index (χ3v) is 3.59. The molecule has 0 bridgehead atoms. The Hall–Kier alpha value is -1.75. The Labute approximate surface area is 117 Å². The van der Waals surface area contributed by atoms with Gasteiger partial charge in [-0.3, -0.25) is 0 Å². The molecule has 0 saturated heterocycles. The third-order valence-electron chi connectivity index (χ3n) is 2.98. The van der Waals surface area contributed by atoms with Crippen LogP contribution in [0.2, 0.25) is 0 Å². The van der Waals surface area contributed by atoms with Gasteiger partial charge in [0.15, 0.2) is 5.82 Å². The molecule has 0 spiro atoms. The molecule has 2 aromatic carbocycles. The molecule has 0 aromatic heterocycles. The Kier molecular flexibility index (Phi) is 3.06. The van der Waals surface area contributed by atoms with Crippen LogP contribution in [-0.2, 0) is 6.54 Å². The Morgan fingerprint density at radius 1 is 1.11 bits per heavy atom. The lowest BCUT2D eigenvalue weighted by molar-refractivity contribution is 0.577. The van der Waals surface area contributed by atoms with Crippen molar-refractivity contribution in [1.29, 1.82) is 0 Å². The number of aliphatic imine (C=N–C) groups is 1. The fourth-order valence-electron chi connectivity index (χ4n) is 2.04. The van der Waals surface area contributed by atoms with Crippen molar-refractivity contribution in [3.63, 3.8) is 0 Å². The van der Waals surface area contributed by atoms with E-state index in [-0.39, 0.29) is 10.2 Å². The van der Waals surface area contributed by atoms with E-state index < -0.39 is 11.6 Å². The van der Waals surface area contributed by atoms with Gasteiger partial charge in [0.05, 0.1) is 23.0 Å². The van der Waals surface area contributed by atoms with Crippen LogP contribution >= 0.6 is 15.9 Å². The molecule has 2 nitrogen and oxygen atoms in total. The van der Waals surface area contributed by atoms with Crippen LogP contribution in [0, 0.1) is 11.6 Å². The Morgan fingerprint density at radius 2 is 1.89 bits per heavy atom. The summed E-state index contributed by atoms with van der Waals surface area (Å²) in [6, 6.07) is 10.1. The maximum absolute atomic E-state index is 14.0. The number of para-hydroxylation sites is 1. The molecule has 0 N–H and O–H groups in total. The molecule has 0 radical (unpaired) electrons. The molecule has 0 amide bonds. The van der Waals surface area contributed by atoms with Gasteiger partial charge in [0, 0.05) is 0 Å². The first-order valence-corrected chi connectivity index (χ1v) is 6.48. The van der Waals surface area contributed by atoms with Crippen LogP contribution in [0.1, 0.15) is 5.56 Å². The number of hydrogen-bond donors (Lipinski definition) is 0. The van der Waals surface area contributed by atoms with Gasteiger partial charge in [-0.2, -0.15) is 0 Å². The molecule has 0 fully saturated rings. The molecule has 96 valence electrons. The smallest absolute Gasteiger partial charge is 0.164 e. The molecule has 3 rings (SSSR count). The summed E-state index contributed by atoms with van der Waals surface area (Å²) < 4.78 is 28.1. The zero-order valence-electron chi connectivity index (χ0n) is 9.78. The molecule has 19 heavy (non-hydrogen) atoms. The van der Waals surface area contributed by atoms with E-state index in [1.807, 2.05) is 24.3 Å². The minimum absolute atomic E-state index is 0.0902. The Balaban J connectivity index is 2.05. The number of hydrogen-bond acceptors (Lipinski definition) is 2. The van der Waals surface area contributed by atoms with Crippen molar-refractivity contribution in [3.8, 4) is 0 Å². The van der Waals surface area contributed by atoms with E-state index in [4.69, 9.17) is 0 Å². The van der Waals surface area contributed by atoms with Crippen LogP contribution in [0.5, 0.6) is 0 Å². The largest absolute Gasteiger partial charge is 0.323 e. The summed E-state index contributed by atoms with van der Waals surface area (Å²) >= 11 is 3.07. The molecule has 5 heteroatoms. The van der Waals surface area contributed by atoms with E-state index in [9.17, 15) is 8.78 Å². The molecular formula is C14H9BrF2N2. The first-order chi connectivity index (χ1) is 9.16. The van der Waals surface area contributed by atoms with Gasteiger partial charge in [0.2, 0.25) is 0 Å². The van der Waals surface area contributed by atoms with Crippen molar-refractivity contribution in [2.75, 3.05) is 4.90 Å². The highest BCUT2D eigenvalue weighted by molar-refractivity contribution is 9.10. The van der Waals surface area contributed by atoms with Crippen molar-refractivity contribution in [1.82, 2.24) is 0 Å². The second-order valence-electron chi connectivity index (χ2n) is 4.19. The van der Waals surface area contributed by atoms with E-state index in [2.05, 4.69) is 20.9 Å². The topological polar surface area (TPSA) is 15.6 Å². The fourth-order valence-corrected chi connectivity index (χ4v) is 2.36. The lowest BCUT2D eigenvalue weighted by Crippen LogP contribution is -2.25. The molecule has 0 aliphatic carbocycles. The predicted octanol–water partition coefficient (Wildman–Crippen LogP) is 4.41. The number of rotatable bonds is 1. The minimum Gasteiger partial charge on any atom is -0.323 e. The van der Waals surface area contributed by atoms with Crippen LogP contribution in [0.25, 0.3) is 0 Å². The molecule has 2 aromatic rings. The lowest BCUT2D eigenvalue weighted by Gasteiger charge is -2.25. The quantitative estimate of drug-likeness (QED) is 0.710. The van der Waals surface area contributed by atoms with Gasteiger partial charge in [0.25, 0.3) is 0 Å². The van der Waals surface area contributed by atoms with E-state index in [0.717, 1.165) is 11.3 Å². The van der Waals surface area contributed by atoms with Gasteiger partial charge in [-0.25, -0.2) is 13.8 Å². The fraction of sp³-hybridized carbons (Fsp3) is 0.0714. The summed E-state index contributed by atoms with van der Waals surface area (Å²) in [5, 5.41) is 0. The van der Waals surface area contributed by atoms with Gasteiger partial charge < -0.3 is 4.90 Å². The molecule has 0 saturated carbocycles. The minimum atomic E-state index is -0.620. The summed E-state index contributed by atoms with van der Waals surface area (Å²) in [5.74, 6) is -1.22. The highest BCUT2D eigenvalue weighted by Crippen LogP contribution is 2.32. The van der Waals surface area contributed by atoms with E-state index >= 15 is 0 Å². The summed E-state index contributed by atoms with van der Waals surface area (Å²) in [4.78, 5) is 5.69. The van der Waals surface area contributed by atoms with Crippen molar-refractivity contribution in [2.24, 2.45) is 4.99 Å². The average Bonchev–Trinajstić information content (AvgIpc) is 2.43. The summed E-state index contributed by atoms with van der Waals surface area (Å²) in [6.07, 6.45) is 1.45. The van der Waals surface area contributed by atoms with Crippen LogP contribution in [-0.4, -0.2) is 6.34 Å². The van der Waals surface area contributed by atoms with Crippen molar-refractivity contribution in [3.05, 3.63) is 58.1 Å². The van der Waals surface area contributed by atoms with Crippen molar-refractivity contribution < 1.29 is 8.78 Å². The third kappa shape index (κ3) is 2.14. The first kappa shape index (κ1) is 12.3. The van der Waals surface area contributed by atoms with Gasteiger partial charge >= 0.3 is 0 Å². The number of fused-ring (bicyclic) bond motifs is 1. The Bertz CT molecular complexity index is 670. The molecule has 1 heterocycles. The normalized spacial score (nSPS) is 13.5. The van der Waals surface area contributed by atoms with Crippen LogP contribution in [0.3, 0.4) is 0 Å². The maximum Gasteiger partial charge on any atom is 0.164 e. The average molecular weight is 323 g/mol. The summed E-state index contributed by atoms with van der Waals surface area (Å²) in [6.45, 7) is 0.393. The highest BCUT2D eigenvalue weighted by Gasteiger charge is 2.21. The van der Waals surface area contributed by atoms with Gasteiger partial charge in [0.1, 0.15) is 11.5 Å². The lowest BCUT2D eigenvalue weighted by atomic mass is 10.1. The molecule has 0 atom stereocenters. The first-order valence-electron chi connectivity index (χ1n) is 5.69. The van der Waals surface area contributed by atoms with Crippen LogP contribution in [0.15, 0.2) is 45.9 Å². The standard InChI is InChI=1S/C14H9BrF2N2/c15-10-5-6-11(16)14(13(10)17)19-7-9-3-1-2-4-12(9)18-8-19/h1-6,8H,7H2. The van der Waals surface area contributed by atoms with Gasteiger partial charge in [-0.15, -0.1) is 0 Å². The number of halogens is 3. The van der Waals surface area contributed by atoms with E-state index in [0.29, 0.717) is 6.54 Å². The SMILES string of the molecule is Fc1ccc(Br)c(F)c1N1C=Nc2ccccc2C1. The summed E-state index contributed by atoms with van der Waals surface area (Å²) in [7, 11) is 0. The van der Waals surface area contributed by atoms with Crippen molar-refractivity contribution in [2.45, 2.75) is 6.54 Å². The predicted molar refractivity (Wildman–Crippen MR) is 74.8 cm³/mol. The van der Waals surface area contributed by atoms with Crippen LogP contribution in [0.4, 0.5) is 20.2 Å². The highest BCUT2D eigenvalue weighted by atomic mass is 79.9. The van der Waals surface area contributed by atoms with Crippen molar-refractivity contribution >= 4 is 33.6 Å². The molecule has 0 unspecified atom stereocenters. The second kappa shape index (κ2) is 4.74. The van der Waals surface area contributed by atoms with Gasteiger partial charge in [-0.1, -0.05) is 18.2 Å². The van der Waals surface area contributed by atoms with Crippen LogP contribution < -0.4 is 4.90 Å². The van der Waals surface area contributed by atoms with Gasteiger partial charge in [-0.05, 0) is 39.7 Å². The summed E-state index contributed by atoms with van der Waals surface area (Å²) in [5.41, 5.74) is 1.67. The molecule has 1 aliphatic heterocycles. The zero-order chi connectivity index (χ0) is 13.4. The second-order valence-corrected chi connectivity index (χ2v) is 5.05. The molecular weight excluding hydrogens is 314 g/mol. The number of anilines is 1. The maximum atomic E-state index is 14.0. The monoisotopic (exact) mass is 322 g/mol. The Morgan fingerprint density at radius 3 is 2.74 bits per heavy atom. The molecule has 1 aliphatic rings. The van der Waals surface area contributed by atoms with E-state index in [1.165, 1.54) is 23.4 Å². The van der Waals surface area contributed by atoms with E-state index in [1.54, 1.807) is 0 Å².